The van der Waals surface area contributed by atoms with Gasteiger partial charge in [0.25, 0.3) is 5.69 Å². The predicted molar refractivity (Wildman–Crippen MR) is 286 cm³/mol. The number of hydrogen-bond acceptors (Lipinski definition) is 2. The number of nitrogens with zero attached hydrogens (tertiary/aromatic N) is 4. The van der Waals surface area contributed by atoms with E-state index in [1.165, 1.54) is 16.7 Å². The summed E-state index contributed by atoms with van der Waals surface area (Å²) < 4.78 is 13.5. The van der Waals surface area contributed by atoms with Crippen LogP contribution in [0.5, 0.6) is 11.5 Å². The van der Waals surface area contributed by atoms with E-state index in [0.29, 0.717) is 5.75 Å². The standard InChI is InChI=1S/C64H48N4O/c1-64(2,3)48-37-38-65-61(40-48)68-58-36-33-47(44-19-8-4-9-20-44)39-57(58)55-35-34-52(42-60(55)68)69-51-28-16-27-50(41-51)66-43-67(49-25-14-7-15-26-49)63-56(31-18-32-59(63)66)62-53(45-21-10-5-11-22-45)29-17-30-54(62)46-23-12-6-13-24-46/h4-42H,1-3H3/q+2. The van der Waals surface area contributed by atoms with Gasteiger partial charge in [0.05, 0.1) is 22.7 Å². The molecule has 328 valence electrons. The summed E-state index contributed by atoms with van der Waals surface area (Å²) in [6.07, 6.45) is 1.93. The molecule has 11 aromatic rings. The number of para-hydroxylation sites is 2. The maximum Gasteiger partial charge on any atom is 0.503 e. The predicted octanol–water partition coefficient (Wildman–Crippen LogP) is 16.8. The average molecular weight is 889 g/mol. The Bertz CT molecular complexity index is 3750. The fraction of sp³-hybridized carbons (Fsp3) is 0.0625. The Balaban J connectivity index is 0.986. The summed E-state index contributed by atoms with van der Waals surface area (Å²) >= 11 is 0. The smallest absolute Gasteiger partial charge is 0.457 e. The Morgan fingerprint density at radius 3 is 1.75 bits per heavy atom. The first-order valence-electron chi connectivity index (χ1n) is 23.5. The van der Waals surface area contributed by atoms with Crippen LogP contribution < -0.4 is 13.9 Å². The van der Waals surface area contributed by atoms with E-state index in [9.17, 15) is 0 Å². The highest BCUT2D eigenvalue weighted by Gasteiger charge is 2.40. The highest BCUT2D eigenvalue weighted by Crippen LogP contribution is 2.49. The Labute approximate surface area is 402 Å². The number of rotatable bonds is 9. The molecule has 0 aliphatic carbocycles. The molecular weight excluding hydrogens is 841 g/mol. The minimum atomic E-state index is -0.0433. The van der Waals surface area contributed by atoms with Gasteiger partial charge in [-0.3, -0.25) is 4.57 Å². The number of pyridine rings is 1. The number of fused-ring (bicyclic) bond motifs is 4. The van der Waals surface area contributed by atoms with Crippen molar-refractivity contribution >= 4 is 50.6 Å². The lowest BCUT2D eigenvalue weighted by Gasteiger charge is -2.20. The van der Waals surface area contributed by atoms with Gasteiger partial charge in [0.15, 0.2) is 0 Å². The molecule has 0 bridgehead atoms. The first-order valence-corrected chi connectivity index (χ1v) is 23.5. The second-order valence-corrected chi connectivity index (χ2v) is 18.6. The van der Waals surface area contributed by atoms with E-state index in [4.69, 9.17) is 9.72 Å². The Morgan fingerprint density at radius 2 is 1.06 bits per heavy atom. The van der Waals surface area contributed by atoms with Gasteiger partial charge >= 0.3 is 11.7 Å². The molecule has 5 heteroatoms. The minimum absolute atomic E-state index is 0.0433. The first-order chi connectivity index (χ1) is 33.9. The summed E-state index contributed by atoms with van der Waals surface area (Å²) in [5.74, 6) is 2.32. The van der Waals surface area contributed by atoms with Gasteiger partial charge in [0.2, 0.25) is 11.4 Å². The van der Waals surface area contributed by atoms with E-state index in [1.807, 2.05) is 12.3 Å². The van der Waals surface area contributed by atoms with Crippen LogP contribution in [0, 0.1) is 0 Å². The van der Waals surface area contributed by atoms with Crippen LogP contribution in [0.1, 0.15) is 26.3 Å². The fourth-order valence-corrected chi connectivity index (χ4v) is 9.82. The van der Waals surface area contributed by atoms with Crippen LogP contribution in [0.2, 0.25) is 0 Å². The maximum absolute atomic E-state index is 6.86. The molecule has 12 rings (SSSR count). The maximum atomic E-state index is 6.86. The Hall–Kier alpha value is -8.89. The summed E-state index contributed by atoms with van der Waals surface area (Å²) in [5, 5.41) is 2.29. The van der Waals surface area contributed by atoms with E-state index < -0.39 is 0 Å². The van der Waals surface area contributed by atoms with Crippen molar-refractivity contribution in [2.45, 2.75) is 26.2 Å². The zero-order valence-electron chi connectivity index (χ0n) is 38.7. The lowest BCUT2D eigenvalue weighted by molar-refractivity contribution is 0.483. The van der Waals surface area contributed by atoms with Crippen LogP contribution in [0.4, 0.5) is 22.7 Å². The molecule has 2 aromatic heterocycles. The normalized spacial score (nSPS) is 12.2. The van der Waals surface area contributed by atoms with Crippen molar-refractivity contribution < 1.29 is 4.74 Å². The third kappa shape index (κ3) is 7.62. The number of ether oxygens (including phenoxy) is 1. The Kier molecular flexibility index (Phi) is 10.3. The van der Waals surface area contributed by atoms with Crippen molar-refractivity contribution in [2.24, 2.45) is 0 Å². The molecule has 0 atom stereocenters. The van der Waals surface area contributed by atoms with E-state index in [0.717, 1.165) is 89.5 Å². The monoisotopic (exact) mass is 888 g/mol. The zero-order chi connectivity index (χ0) is 46.5. The van der Waals surface area contributed by atoms with Crippen molar-refractivity contribution in [3.05, 3.63) is 242 Å². The molecule has 5 nitrogen and oxygen atoms in total. The van der Waals surface area contributed by atoms with Gasteiger partial charge in [-0.25, -0.2) is 4.98 Å². The van der Waals surface area contributed by atoms with Crippen LogP contribution in [0.3, 0.4) is 0 Å². The van der Waals surface area contributed by atoms with Gasteiger partial charge in [0, 0.05) is 52.9 Å². The third-order valence-corrected chi connectivity index (χ3v) is 13.2. The van der Waals surface area contributed by atoms with Crippen molar-refractivity contribution in [3.8, 4) is 61.8 Å². The highest BCUT2D eigenvalue weighted by molar-refractivity contribution is 6.11. The van der Waals surface area contributed by atoms with Crippen LogP contribution in [0.15, 0.2) is 237 Å². The molecule has 69 heavy (non-hydrogen) atoms. The first kappa shape index (κ1) is 41.5. The van der Waals surface area contributed by atoms with Gasteiger partial charge in [-0.1, -0.05) is 166 Å². The lowest BCUT2D eigenvalue weighted by Crippen LogP contribution is -2.12. The SMILES string of the molecule is CC(C)(C)c1ccnc(-n2c3ccc(-c4ccccc4)cc3c3ccc(Oc4cccc([N+]5=C=[N+](c6ccccc6)c6c(-c7c(-c8ccccc8)cccc7-c7ccccc7)cccc65)c4)cc32)c1. The zero-order valence-corrected chi connectivity index (χ0v) is 38.7. The molecule has 0 fully saturated rings. The van der Waals surface area contributed by atoms with Gasteiger partial charge in [0.1, 0.15) is 17.3 Å². The summed E-state index contributed by atoms with van der Waals surface area (Å²) in [7, 11) is 0. The summed E-state index contributed by atoms with van der Waals surface area (Å²) in [5.41, 5.74) is 16.6. The molecule has 0 amide bonds. The highest BCUT2D eigenvalue weighted by atomic mass is 16.5. The molecule has 0 radical (unpaired) electrons. The number of benzene rings is 9. The van der Waals surface area contributed by atoms with Gasteiger partial charge in [-0.15, -0.1) is 0 Å². The molecule has 1 aliphatic rings. The topological polar surface area (TPSA) is 33.1 Å². The molecule has 3 heterocycles. The van der Waals surface area contributed by atoms with Crippen molar-refractivity contribution in [2.75, 3.05) is 0 Å². The molecule has 0 unspecified atom stereocenters. The number of aromatic nitrogens is 2. The van der Waals surface area contributed by atoms with Gasteiger partial charge in [-0.2, -0.15) is 0 Å². The molecule has 0 saturated heterocycles. The van der Waals surface area contributed by atoms with E-state index in [-0.39, 0.29) is 5.41 Å². The quantitative estimate of drug-likeness (QED) is 0.135. The van der Waals surface area contributed by atoms with E-state index in [2.05, 4.69) is 265 Å². The van der Waals surface area contributed by atoms with Crippen molar-refractivity contribution in [3.63, 3.8) is 0 Å². The third-order valence-electron chi connectivity index (χ3n) is 13.2. The van der Waals surface area contributed by atoms with Crippen molar-refractivity contribution in [1.29, 1.82) is 0 Å². The molecule has 0 saturated carbocycles. The second-order valence-electron chi connectivity index (χ2n) is 18.6. The van der Waals surface area contributed by atoms with Gasteiger partial charge in [-0.05, 0) is 102 Å². The van der Waals surface area contributed by atoms with Crippen LogP contribution >= 0.6 is 0 Å². The van der Waals surface area contributed by atoms with Crippen LogP contribution in [0.25, 0.3) is 72.1 Å². The molecule has 0 N–H and O–H groups in total. The van der Waals surface area contributed by atoms with Crippen molar-refractivity contribution in [1.82, 2.24) is 18.7 Å². The van der Waals surface area contributed by atoms with E-state index in [1.54, 1.807) is 0 Å². The molecule has 1 aliphatic heterocycles. The summed E-state index contributed by atoms with van der Waals surface area (Å²) in [6.45, 7) is 6.72. The Morgan fingerprint density at radius 1 is 0.449 bits per heavy atom. The average Bonchev–Trinajstić information content (AvgIpc) is 3.95. The number of hydrogen-bond donors (Lipinski definition) is 0. The minimum Gasteiger partial charge on any atom is -0.457 e. The second kappa shape index (κ2) is 17.1. The van der Waals surface area contributed by atoms with Crippen LogP contribution in [-0.2, 0) is 5.41 Å². The van der Waals surface area contributed by atoms with Crippen LogP contribution in [-0.4, -0.2) is 15.6 Å². The molecule has 9 aromatic carbocycles. The van der Waals surface area contributed by atoms with Gasteiger partial charge < -0.3 is 4.74 Å². The summed E-state index contributed by atoms with van der Waals surface area (Å²) in [4.78, 5) is 4.96. The lowest BCUT2D eigenvalue weighted by atomic mass is 9.86. The summed E-state index contributed by atoms with van der Waals surface area (Å²) in [6, 6.07) is 85.3. The fourth-order valence-electron chi connectivity index (χ4n) is 9.82. The molecular formula is C64H48N4O+2. The largest absolute Gasteiger partial charge is 0.503 e. The molecule has 0 spiro atoms. The van der Waals surface area contributed by atoms with E-state index >= 15 is 0 Å².